The molecule has 0 N–H and O–H groups in total. The van der Waals surface area contributed by atoms with E-state index in [-0.39, 0.29) is 5.76 Å². The maximum absolute atomic E-state index is 11.9. The first-order valence-corrected chi connectivity index (χ1v) is 7.23. The fourth-order valence-electron chi connectivity index (χ4n) is 1.65. The van der Waals surface area contributed by atoms with Crippen LogP contribution in [0.5, 0.6) is 5.75 Å². The first kappa shape index (κ1) is 16.8. The van der Waals surface area contributed by atoms with Crippen molar-refractivity contribution < 1.29 is 14.3 Å². The molecule has 4 heteroatoms. The van der Waals surface area contributed by atoms with Gasteiger partial charge in [0.25, 0.3) is 0 Å². The van der Waals surface area contributed by atoms with Crippen LogP contribution in [-0.4, -0.2) is 30.6 Å². The van der Waals surface area contributed by atoms with Crippen molar-refractivity contribution in [1.29, 1.82) is 0 Å². The van der Waals surface area contributed by atoms with Crippen molar-refractivity contribution in [3.8, 4) is 5.75 Å². The van der Waals surface area contributed by atoms with E-state index in [0.717, 1.165) is 13.1 Å². The van der Waals surface area contributed by atoms with Crippen molar-refractivity contribution in [1.82, 2.24) is 4.90 Å². The number of allylic oxidation sites excluding steroid dienone is 2. The summed E-state index contributed by atoms with van der Waals surface area (Å²) < 4.78 is 10.6. The van der Waals surface area contributed by atoms with Crippen LogP contribution >= 0.6 is 0 Å². The van der Waals surface area contributed by atoms with Crippen molar-refractivity contribution in [2.45, 2.75) is 20.8 Å². The Balaban J connectivity index is 2.84. The lowest BCUT2D eigenvalue weighted by Gasteiger charge is -2.14. The van der Waals surface area contributed by atoms with Gasteiger partial charge in [0, 0.05) is 13.1 Å². The molecular weight excluding hydrogens is 266 g/mol. The molecule has 0 aromatic heterocycles. The fourth-order valence-corrected chi connectivity index (χ4v) is 1.65. The van der Waals surface area contributed by atoms with Gasteiger partial charge in [-0.15, -0.1) is 0 Å². The zero-order chi connectivity index (χ0) is 15.5. The third kappa shape index (κ3) is 6.17. The quantitative estimate of drug-likeness (QED) is 0.318. The predicted molar refractivity (Wildman–Crippen MR) is 83.8 cm³/mol. The fraction of sp³-hybridized carbons (Fsp3) is 0.353. The Morgan fingerprint density at radius 2 is 1.81 bits per heavy atom. The Bertz CT molecular complexity index is 476. The summed E-state index contributed by atoms with van der Waals surface area (Å²) in [6, 6.07) is 9.18. The number of carbonyl (C=O) groups is 1. The molecular formula is C17H23NO3. The van der Waals surface area contributed by atoms with Gasteiger partial charge in [0.05, 0.1) is 6.61 Å². The summed E-state index contributed by atoms with van der Waals surface area (Å²) in [5.41, 5.74) is 0. The minimum absolute atomic E-state index is 0.173. The van der Waals surface area contributed by atoms with Gasteiger partial charge in [0.15, 0.2) is 0 Å². The van der Waals surface area contributed by atoms with Crippen LogP contribution in [0.2, 0.25) is 0 Å². The summed E-state index contributed by atoms with van der Waals surface area (Å²) in [6.07, 6.45) is 5.35. The van der Waals surface area contributed by atoms with Crippen LogP contribution in [-0.2, 0) is 9.53 Å². The highest BCUT2D eigenvalue weighted by Crippen LogP contribution is 2.14. The van der Waals surface area contributed by atoms with E-state index in [9.17, 15) is 4.79 Å². The third-order valence-corrected chi connectivity index (χ3v) is 2.80. The average molecular weight is 289 g/mol. The van der Waals surface area contributed by atoms with Crippen LogP contribution in [0.4, 0.5) is 0 Å². The number of rotatable bonds is 8. The van der Waals surface area contributed by atoms with Gasteiger partial charge in [-0.25, -0.2) is 4.79 Å². The molecule has 0 aliphatic heterocycles. The number of ether oxygens (including phenoxy) is 2. The molecule has 1 rings (SSSR count). The monoisotopic (exact) mass is 289 g/mol. The molecule has 0 radical (unpaired) electrons. The molecule has 0 unspecified atom stereocenters. The zero-order valence-electron chi connectivity index (χ0n) is 12.9. The SMILES string of the molecule is CCOC(=O)C(=CC=CN(CC)CC)Oc1ccccc1. The van der Waals surface area contributed by atoms with Crippen LogP contribution in [0.1, 0.15) is 20.8 Å². The number of hydrogen-bond donors (Lipinski definition) is 0. The highest BCUT2D eigenvalue weighted by Gasteiger charge is 2.12. The van der Waals surface area contributed by atoms with Crippen LogP contribution in [0, 0.1) is 0 Å². The van der Waals surface area contributed by atoms with Crippen LogP contribution < -0.4 is 4.74 Å². The molecule has 0 aliphatic carbocycles. The summed E-state index contributed by atoms with van der Waals surface area (Å²) in [5, 5.41) is 0. The minimum atomic E-state index is -0.467. The normalized spacial score (nSPS) is 11.5. The van der Waals surface area contributed by atoms with Crippen LogP contribution in [0.15, 0.2) is 54.4 Å². The number of para-hydroxylation sites is 1. The third-order valence-electron chi connectivity index (χ3n) is 2.80. The lowest BCUT2D eigenvalue weighted by Crippen LogP contribution is -2.15. The highest BCUT2D eigenvalue weighted by atomic mass is 16.6. The Morgan fingerprint density at radius 1 is 1.14 bits per heavy atom. The van der Waals surface area contributed by atoms with Crippen LogP contribution in [0.25, 0.3) is 0 Å². The van der Waals surface area contributed by atoms with Crippen molar-refractivity contribution in [3.63, 3.8) is 0 Å². The molecule has 0 heterocycles. The molecule has 4 nitrogen and oxygen atoms in total. The van der Waals surface area contributed by atoms with E-state index in [0.29, 0.717) is 12.4 Å². The highest BCUT2D eigenvalue weighted by molar-refractivity contribution is 5.87. The largest absolute Gasteiger partial charge is 0.460 e. The lowest BCUT2D eigenvalue weighted by atomic mass is 10.3. The topological polar surface area (TPSA) is 38.8 Å². The van der Waals surface area contributed by atoms with Gasteiger partial charge in [0.2, 0.25) is 5.76 Å². The second-order valence-corrected chi connectivity index (χ2v) is 4.23. The van der Waals surface area contributed by atoms with Crippen molar-refractivity contribution in [2.75, 3.05) is 19.7 Å². The molecule has 0 saturated carbocycles. The van der Waals surface area contributed by atoms with Gasteiger partial charge in [-0.2, -0.15) is 0 Å². The second kappa shape index (κ2) is 9.64. The molecule has 0 fully saturated rings. The number of nitrogens with zero attached hydrogens (tertiary/aromatic N) is 1. The van der Waals surface area contributed by atoms with Gasteiger partial charge in [0.1, 0.15) is 5.75 Å². The second-order valence-electron chi connectivity index (χ2n) is 4.23. The Labute approximate surface area is 126 Å². The Hall–Kier alpha value is -2.23. The van der Waals surface area contributed by atoms with Gasteiger partial charge in [-0.05, 0) is 51.3 Å². The van der Waals surface area contributed by atoms with E-state index in [1.165, 1.54) is 0 Å². The van der Waals surface area contributed by atoms with Crippen molar-refractivity contribution in [2.24, 2.45) is 0 Å². The van der Waals surface area contributed by atoms with E-state index >= 15 is 0 Å². The molecule has 0 amide bonds. The molecule has 1 aromatic rings. The van der Waals surface area contributed by atoms with Gasteiger partial charge < -0.3 is 14.4 Å². The maximum Gasteiger partial charge on any atom is 0.374 e. The van der Waals surface area contributed by atoms with E-state index in [4.69, 9.17) is 9.47 Å². The van der Waals surface area contributed by atoms with E-state index in [2.05, 4.69) is 18.7 Å². The first-order valence-electron chi connectivity index (χ1n) is 7.23. The molecule has 114 valence electrons. The summed E-state index contributed by atoms with van der Waals surface area (Å²) in [4.78, 5) is 14.0. The van der Waals surface area contributed by atoms with E-state index < -0.39 is 5.97 Å². The molecule has 0 spiro atoms. The van der Waals surface area contributed by atoms with Crippen molar-refractivity contribution >= 4 is 5.97 Å². The predicted octanol–water partition coefficient (Wildman–Crippen LogP) is 3.37. The molecule has 0 bridgehead atoms. The maximum atomic E-state index is 11.9. The molecule has 0 atom stereocenters. The summed E-state index contributed by atoms with van der Waals surface area (Å²) in [7, 11) is 0. The summed E-state index contributed by atoms with van der Waals surface area (Å²) in [5.74, 6) is 0.310. The first-order chi connectivity index (χ1) is 10.2. The molecule has 21 heavy (non-hydrogen) atoms. The summed E-state index contributed by atoms with van der Waals surface area (Å²) >= 11 is 0. The molecule has 0 saturated heterocycles. The zero-order valence-corrected chi connectivity index (χ0v) is 12.9. The average Bonchev–Trinajstić information content (AvgIpc) is 2.51. The molecule has 0 aliphatic rings. The van der Waals surface area contributed by atoms with Gasteiger partial charge in [-0.1, -0.05) is 18.2 Å². The number of hydrogen-bond acceptors (Lipinski definition) is 4. The molecule has 1 aromatic carbocycles. The van der Waals surface area contributed by atoms with E-state index in [1.54, 1.807) is 31.2 Å². The Kier molecular flexibility index (Phi) is 7.72. The number of carbonyl (C=O) groups excluding carboxylic acids is 1. The smallest absolute Gasteiger partial charge is 0.374 e. The number of esters is 1. The van der Waals surface area contributed by atoms with E-state index in [1.807, 2.05) is 24.4 Å². The van der Waals surface area contributed by atoms with Gasteiger partial charge >= 0.3 is 5.97 Å². The Morgan fingerprint density at radius 3 is 2.38 bits per heavy atom. The van der Waals surface area contributed by atoms with Gasteiger partial charge in [-0.3, -0.25) is 0 Å². The standard InChI is InChI=1S/C17H23NO3/c1-4-18(5-2)14-10-13-16(17(19)20-6-3)21-15-11-8-7-9-12-15/h7-14H,4-6H2,1-3H3. The van der Waals surface area contributed by atoms with Crippen LogP contribution in [0.3, 0.4) is 0 Å². The lowest BCUT2D eigenvalue weighted by molar-refractivity contribution is -0.141. The van der Waals surface area contributed by atoms with Crippen molar-refractivity contribution in [3.05, 3.63) is 54.4 Å². The minimum Gasteiger partial charge on any atom is -0.460 e. The summed E-state index contributed by atoms with van der Waals surface area (Å²) in [6.45, 7) is 8.05. The number of benzene rings is 1.